The predicted octanol–water partition coefficient (Wildman–Crippen LogP) is 3.03. The van der Waals surface area contributed by atoms with E-state index >= 15 is 0 Å². The van der Waals surface area contributed by atoms with Crippen molar-refractivity contribution in [2.75, 3.05) is 6.54 Å². The van der Waals surface area contributed by atoms with E-state index in [9.17, 15) is 9.59 Å². The quantitative estimate of drug-likeness (QED) is 0.551. The van der Waals surface area contributed by atoms with E-state index in [1.807, 2.05) is 67.6 Å². The Kier molecular flexibility index (Phi) is 5.39. The lowest BCUT2D eigenvalue weighted by molar-refractivity contribution is -0.120. The molecule has 0 aliphatic carbocycles. The molecule has 0 aliphatic heterocycles. The third-order valence-electron chi connectivity index (χ3n) is 3.92. The Labute approximate surface area is 151 Å². The van der Waals surface area contributed by atoms with Crippen molar-refractivity contribution in [2.24, 2.45) is 5.10 Å². The molecule has 0 aromatic heterocycles. The minimum atomic E-state index is -0.387. The van der Waals surface area contributed by atoms with Crippen LogP contribution >= 0.6 is 0 Å². The molecule has 0 atom stereocenters. The molecule has 5 nitrogen and oxygen atoms in total. The summed E-state index contributed by atoms with van der Waals surface area (Å²) in [5.41, 5.74) is 4.99. The first-order chi connectivity index (χ1) is 12.6. The summed E-state index contributed by atoms with van der Waals surface area (Å²) in [7, 11) is 0. The number of rotatable bonds is 5. The van der Waals surface area contributed by atoms with Gasteiger partial charge in [-0.2, -0.15) is 5.10 Å². The first-order valence-corrected chi connectivity index (χ1v) is 8.28. The van der Waals surface area contributed by atoms with Gasteiger partial charge in [-0.05, 0) is 29.3 Å². The Morgan fingerprint density at radius 3 is 2.50 bits per heavy atom. The van der Waals surface area contributed by atoms with Gasteiger partial charge in [-0.3, -0.25) is 9.59 Å². The third-order valence-corrected chi connectivity index (χ3v) is 3.92. The number of benzene rings is 3. The Morgan fingerprint density at radius 1 is 0.962 bits per heavy atom. The Hall–Kier alpha value is -3.47. The van der Waals surface area contributed by atoms with Crippen LogP contribution in [0.5, 0.6) is 0 Å². The van der Waals surface area contributed by atoms with Crippen molar-refractivity contribution in [1.82, 2.24) is 10.7 Å². The fourth-order valence-electron chi connectivity index (χ4n) is 2.55. The van der Waals surface area contributed by atoms with Crippen LogP contribution < -0.4 is 10.7 Å². The average Bonchev–Trinajstić information content (AvgIpc) is 2.67. The number of nitrogens with one attached hydrogen (secondary N) is 2. The van der Waals surface area contributed by atoms with Gasteiger partial charge in [0.05, 0.1) is 12.8 Å². The summed E-state index contributed by atoms with van der Waals surface area (Å²) in [6.45, 7) is 1.86. The van der Waals surface area contributed by atoms with E-state index < -0.39 is 0 Å². The molecule has 0 fully saturated rings. The van der Waals surface area contributed by atoms with Crippen molar-refractivity contribution in [2.45, 2.75) is 6.92 Å². The number of aryl methyl sites for hydroxylation is 1. The summed E-state index contributed by atoms with van der Waals surface area (Å²) < 4.78 is 0. The monoisotopic (exact) mass is 345 g/mol. The SMILES string of the molecule is Cc1ccc(/C=N\NC(=O)CNC(=O)c2cccc3ccccc23)cc1. The molecule has 0 saturated heterocycles. The number of fused-ring (bicyclic) bond motifs is 1. The normalized spacial score (nSPS) is 10.8. The van der Waals surface area contributed by atoms with Gasteiger partial charge in [-0.15, -0.1) is 0 Å². The van der Waals surface area contributed by atoms with E-state index in [1.54, 1.807) is 12.3 Å². The lowest BCUT2D eigenvalue weighted by Gasteiger charge is -2.07. The van der Waals surface area contributed by atoms with Gasteiger partial charge in [0.1, 0.15) is 0 Å². The fourth-order valence-corrected chi connectivity index (χ4v) is 2.55. The van der Waals surface area contributed by atoms with Crippen molar-refractivity contribution in [3.05, 3.63) is 83.4 Å². The largest absolute Gasteiger partial charge is 0.343 e. The molecule has 3 aromatic rings. The molecule has 3 rings (SSSR count). The molecular weight excluding hydrogens is 326 g/mol. The van der Waals surface area contributed by atoms with Gasteiger partial charge in [0.2, 0.25) is 0 Å². The van der Waals surface area contributed by atoms with E-state index in [-0.39, 0.29) is 18.4 Å². The molecule has 5 heteroatoms. The van der Waals surface area contributed by atoms with Gasteiger partial charge in [-0.1, -0.05) is 66.2 Å². The summed E-state index contributed by atoms with van der Waals surface area (Å²) in [6, 6.07) is 20.9. The zero-order valence-corrected chi connectivity index (χ0v) is 14.4. The number of amides is 2. The first kappa shape index (κ1) is 17.4. The maximum Gasteiger partial charge on any atom is 0.259 e. The molecule has 0 aliphatic rings. The molecule has 3 aromatic carbocycles. The predicted molar refractivity (Wildman–Crippen MR) is 103 cm³/mol. The number of carbonyl (C=O) groups excluding carboxylic acids is 2. The van der Waals surface area contributed by atoms with Gasteiger partial charge in [0.15, 0.2) is 0 Å². The van der Waals surface area contributed by atoms with Gasteiger partial charge >= 0.3 is 0 Å². The van der Waals surface area contributed by atoms with Crippen molar-refractivity contribution >= 4 is 28.8 Å². The highest BCUT2D eigenvalue weighted by Gasteiger charge is 2.10. The van der Waals surface area contributed by atoms with Crippen LogP contribution in [-0.2, 0) is 4.79 Å². The minimum absolute atomic E-state index is 0.146. The third kappa shape index (κ3) is 4.33. The zero-order valence-electron chi connectivity index (χ0n) is 14.4. The van der Waals surface area contributed by atoms with E-state index in [0.29, 0.717) is 5.56 Å². The van der Waals surface area contributed by atoms with Gasteiger partial charge < -0.3 is 5.32 Å². The summed E-state index contributed by atoms with van der Waals surface area (Å²) in [4.78, 5) is 24.2. The number of hydrazone groups is 1. The average molecular weight is 345 g/mol. The van der Waals surface area contributed by atoms with Crippen LogP contribution in [0.25, 0.3) is 10.8 Å². The molecule has 2 amide bonds. The Balaban J connectivity index is 1.55. The highest BCUT2D eigenvalue weighted by molar-refractivity contribution is 6.07. The number of hydrogen-bond acceptors (Lipinski definition) is 3. The van der Waals surface area contributed by atoms with Crippen LogP contribution in [0.3, 0.4) is 0 Å². The smallest absolute Gasteiger partial charge is 0.259 e. The van der Waals surface area contributed by atoms with Gasteiger partial charge in [0.25, 0.3) is 11.8 Å². The topological polar surface area (TPSA) is 70.6 Å². The van der Waals surface area contributed by atoms with E-state index in [4.69, 9.17) is 0 Å². The minimum Gasteiger partial charge on any atom is -0.343 e. The molecule has 0 saturated carbocycles. The van der Waals surface area contributed by atoms with Crippen molar-refractivity contribution in [3.63, 3.8) is 0 Å². The zero-order chi connectivity index (χ0) is 18.4. The number of carbonyl (C=O) groups is 2. The number of nitrogens with zero attached hydrogens (tertiary/aromatic N) is 1. The highest BCUT2D eigenvalue weighted by Crippen LogP contribution is 2.18. The molecule has 130 valence electrons. The lowest BCUT2D eigenvalue weighted by Crippen LogP contribution is -2.35. The molecule has 0 bridgehead atoms. The molecular formula is C21H19N3O2. The van der Waals surface area contributed by atoms with Crippen LogP contribution in [0.4, 0.5) is 0 Å². The van der Waals surface area contributed by atoms with E-state index in [2.05, 4.69) is 15.8 Å². The second kappa shape index (κ2) is 8.07. The van der Waals surface area contributed by atoms with Crippen LogP contribution in [0.15, 0.2) is 71.8 Å². The van der Waals surface area contributed by atoms with Gasteiger partial charge in [-0.25, -0.2) is 5.43 Å². The molecule has 0 radical (unpaired) electrons. The lowest BCUT2D eigenvalue weighted by atomic mass is 10.0. The second-order valence-electron chi connectivity index (χ2n) is 5.91. The Bertz CT molecular complexity index is 957. The standard InChI is InChI=1S/C21H19N3O2/c1-15-9-11-16(12-10-15)13-23-24-20(25)14-22-21(26)19-8-4-6-17-5-2-3-7-18(17)19/h2-13H,14H2,1H3,(H,22,26)(H,24,25)/b23-13-. The summed E-state index contributed by atoms with van der Waals surface area (Å²) in [5.74, 6) is -0.679. The van der Waals surface area contributed by atoms with Crippen LogP contribution in [-0.4, -0.2) is 24.6 Å². The molecule has 0 unspecified atom stereocenters. The van der Waals surface area contributed by atoms with E-state index in [0.717, 1.165) is 21.9 Å². The highest BCUT2D eigenvalue weighted by atomic mass is 16.2. The summed E-state index contributed by atoms with van der Waals surface area (Å²) in [6.07, 6.45) is 1.56. The maximum absolute atomic E-state index is 12.4. The van der Waals surface area contributed by atoms with Crippen LogP contribution in [0, 0.1) is 6.92 Å². The molecule has 26 heavy (non-hydrogen) atoms. The number of hydrogen-bond donors (Lipinski definition) is 2. The summed E-state index contributed by atoms with van der Waals surface area (Å²) in [5, 5.41) is 8.35. The summed E-state index contributed by atoms with van der Waals surface area (Å²) >= 11 is 0. The first-order valence-electron chi connectivity index (χ1n) is 8.28. The van der Waals surface area contributed by atoms with Crippen molar-refractivity contribution in [1.29, 1.82) is 0 Å². The van der Waals surface area contributed by atoms with Crippen LogP contribution in [0.1, 0.15) is 21.5 Å². The van der Waals surface area contributed by atoms with E-state index in [1.165, 1.54) is 0 Å². The van der Waals surface area contributed by atoms with Crippen LogP contribution in [0.2, 0.25) is 0 Å². The van der Waals surface area contributed by atoms with Gasteiger partial charge in [0, 0.05) is 5.56 Å². The molecule has 2 N–H and O–H groups in total. The van der Waals surface area contributed by atoms with Crippen molar-refractivity contribution < 1.29 is 9.59 Å². The maximum atomic E-state index is 12.4. The molecule has 0 spiro atoms. The second-order valence-corrected chi connectivity index (χ2v) is 5.91. The van der Waals surface area contributed by atoms with Crippen molar-refractivity contribution in [3.8, 4) is 0 Å². The fraction of sp³-hybridized carbons (Fsp3) is 0.0952. The Morgan fingerprint density at radius 2 is 1.69 bits per heavy atom. The molecule has 0 heterocycles.